The Morgan fingerprint density at radius 2 is 1.96 bits per heavy atom. The Morgan fingerprint density at radius 3 is 2.61 bits per heavy atom. The first-order valence-electron chi connectivity index (χ1n) is 9.68. The van der Waals surface area contributed by atoms with Gasteiger partial charge in [0.15, 0.2) is 0 Å². The van der Waals surface area contributed by atoms with Crippen LogP contribution in [0.25, 0.3) is 0 Å². The molecule has 0 spiro atoms. The van der Waals surface area contributed by atoms with Crippen LogP contribution in [0.4, 0.5) is 0 Å². The van der Waals surface area contributed by atoms with Gasteiger partial charge in [0.05, 0.1) is 0 Å². The zero-order chi connectivity index (χ0) is 20.7. The zero-order valence-corrected chi connectivity index (χ0v) is 17.6. The molecular formula is C22H29ClN2O3. The highest BCUT2D eigenvalue weighted by molar-refractivity contribution is 6.31. The Morgan fingerprint density at radius 1 is 1.25 bits per heavy atom. The molecule has 0 atom stereocenters. The van der Waals surface area contributed by atoms with Crippen LogP contribution in [0, 0.1) is 12.8 Å². The predicted octanol–water partition coefficient (Wildman–Crippen LogP) is 3.88. The van der Waals surface area contributed by atoms with E-state index in [1.54, 1.807) is 28.7 Å². The van der Waals surface area contributed by atoms with E-state index in [9.17, 15) is 14.7 Å². The summed E-state index contributed by atoms with van der Waals surface area (Å²) in [5.74, 6) is 0.142. The van der Waals surface area contributed by atoms with Gasteiger partial charge in [0.1, 0.15) is 5.56 Å². The number of halogens is 1. The van der Waals surface area contributed by atoms with Crippen molar-refractivity contribution in [3.8, 4) is 0 Å². The molecule has 6 heteroatoms. The van der Waals surface area contributed by atoms with Gasteiger partial charge < -0.3 is 14.6 Å². The third kappa shape index (κ3) is 5.69. The molecule has 1 aromatic carbocycles. The molecule has 0 fully saturated rings. The zero-order valence-electron chi connectivity index (χ0n) is 16.8. The molecule has 0 aliphatic carbocycles. The van der Waals surface area contributed by atoms with Crippen LogP contribution in [0.15, 0.2) is 41.3 Å². The SMILES string of the molecule is Cc1ccn(CCC(C)C)c(=O)c1C(=O)N(CCCO)Cc1ccccc1Cl. The summed E-state index contributed by atoms with van der Waals surface area (Å²) in [6.07, 6.45) is 3.05. The number of amides is 1. The lowest BCUT2D eigenvalue weighted by Crippen LogP contribution is -2.38. The summed E-state index contributed by atoms with van der Waals surface area (Å²) in [4.78, 5) is 27.9. The molecule has 28 heavy (non-hydrogen) atoms. The Balaban J connectivity index is 2.36. The molecule has 1 aromatic heterocycles. The van der Waals surface area contributed by atoms with Crippen LogP contribution in [0.1, 0.15) is 48.2 Å². The first kappa shape index (κ1) is 22.2. The topological polar surface area (TPSA) is 62.5 Å². The molecule has 0 saturated heterocycles. The Hall–Kier alpha value is -2.11. The maximum atomic E-state index is 13.3. The number of nitrogens with zero attached hydrogens (tertiary/aromatic N) is 2. The third-order valence-electron chi connectivity index (χ3n) is 4.73. The molecule has 0 aliphatic rings. The van der Waals surface area contributed by atoms with E-state index in [-0.39, 0.29) is 30.2 Å². The maximum Gasteiger partial charge on any atom is 0.263 e. The van der Waals surface area contributed by atoms with Gasteiger partial charge >= 0.3 is 0 Å². The van der Waals surface area contributed by atoms with Gasteiger partial charge in [-0.1, -0.05) is 43.6 Å². The maximum absolute atomic E-state index is 13.3. The van der Waals surface area contributed by atoms with E-state index in [0.717, 1.165) is 12.0 Å². The van der Waals surface area contributed by atoms with Crippen LogP contribution in [0.5, 0.6) is 0 Å². The van der Waals surface area contributed by atoms with Gasteiger partial charge in [0.25, 0.3) is 11.5 Å². The fraction of sp³-hybridized carbons (Fsp3) is 0.455. The van der Waals surface area contributed by atoms with Crippen molar-refractivity contribution < 1.29 is 9.90 Å². The molecule has 152 valence electrons. The van der Waals surface area contributed by atoms with Crippen molar-refractivity contribution in [1.29, 1.82) is 0 Å². The van der Waals surface area contributed by atoms with Crippen LogP contribution in [-0.2, 0) is 13.1 Å². The van der Waals surface area contributed by atoms with E-state index in [0.29, 0.717) is 36.0 Å². The number of carbonyl (C=O) groups excluding carboxylic acids is 1. The molecule has 0 bridgehead atoms. The van der Waals surface area contributed by atoms with E-state index >= 15 is 0 Å². The molecule has 5 nitrogen and oxygen atoms in total. The second kappa shape index (κ2) is 10.4. The summed E-state index contributed by atoms with van der Waals surface area (Å²) < 4.78 is 1.61. The number of rotatable bonds is 9. The van der Waals surface area contributed by atoms with Gasteiger partial charge in [-0.05, 0) is 48.9 Å². The summed E-state index contributed by atoms with van der Waals surface area (Å²) >= 11 is 6.26. The van der Waals surface area contributed by atoms with E-state index in [1.165, 1.54) is 0 Å². The summed E-state index contributed by atoms with van der Waals surface area (Å²) in [5.41, 5.74) is 1.39. The number of hydrogen-bond acceptors (Lipinski definition) is 3. The number of pyridine rings is 1. The van der Waals surface area contributed by atoms with E-state index in [2.05, 4.69) is 13.8 Å². The normalized spacial score (nSPS) is 11.1. The lowest BCUT2D eigenvalue weighted by molar-refractivity contribution is 0.0728. The number of aliphatic hydroxyl groups excluding tert-OH is 1. The van der Waals surface area contributed by atoms with E-state index in [1.807, 2.05) is 24.3 Å². The second-order valence-corrected chi connectivity index (χ2v) is 7.86. The Kier molecular flexibility index (Phi) is 8.27. The molecule has 1 N–H and O–H groups in total. The highest BCUT2D eigenvalue weighted by atomic mass is 35.5. The smallest absolute Gasteiger partial charge is 0.263 e. The lowest BCUT2D eigenvalue weighted by Gasteiger charge is -2.24. The minimum Gasteiger partial charge on any atom is -0.396 e. The minimum atomic E-state index is -0.324. The van der Waals surface area contributed by atoms with Crippen LogP contribution < -0.4 is 5.56 Å². The van der Waals surface area contributed by atoms with Gasteiger partial charge in [-0.2, -0.15) is 0 Å². The Labute approximate surface area is 171 Å². The summed E-state index contributed by atoms with van der Waals surface area (Å²) in [5, 5.41) is 9.81. The molecule has 0 saturated carbocycles. The van der Waals surface area contributed by atoms with Crippen molar-refractivity contribution in [2.24, 2.45) is 5.92 Å². The summed E-state index contributed by atoms with van der Waals surface area (Å²) in [6.45, 7) is 7.17. The van der Waals surface area contributed by atoms with Gasteiger partial charge in [-0.3, -0.25) is 9.59 Å². The Bertz CT molecular complexity index is 861. The lowest BCUT2D eigenvalue weighted by atomic mass is 10.1. The summed E-state index contributed by atoms with van der Waals surface area (Å²) in [6, 6.07) is 9.15. The highest BCUT2D eigenvalue weighted by Gasteiger charge is 2.22. The molecule has 2 rings (SSSR count). The highest BCUT2D eigenvalue weighted by Crippen LogP contribution is 2.19. The molecule has 0 unspecified atom stereocenters. The number of benzene rings is 1. The standard InChI is InChI=1S/C22H29ClN2O3/c1-16(2)9-12-24-13-10-17(3)20(21(24)27)22(28)25(11-6-14-26)15-18-7-4-5-8-19(18)23/h4-5,7-8,10,13,16,26H,6,9,11-12,14-15H2,1-3H3. The van der Waals surface area contributed by atoms with Crippen molar-refractivity contribution in [1.82, 2.24) is 9.47 Å². The summed E-state index contributed by atoms with van der Waals surface area (Å²) in [7, 11) is 0. The first-order valence-corrected chi connectivity index (χ1v) is 10.1. The number of carbonyl (C=O) groups is 1. The number of hydrogen-bond donors (Lipinski definition) is 1. The van der Waals surface area contributed by atoms with Gasteiger partial charge in [0.2, 0.25) is 0 Å². The molecular weight excluding hydrogens is 376 g/mol. The second-order valence-electron chi connectivity index (χ2n) is 7.45. The fourth-order valence-corrected chi connectivity index (χ4v) is 3.20. The average Bonchev–Trinajstić information content (AvgIpc) is 2.65. The van der Waals surface area contributed by atoms with Crippen LogP contribution >= 0.6 is 11.6 Å². The number of aliphatic hydroxyl groups is 1. The van der Waals surface area contributed by atoms with E-state index in [4.69, 9.17) is 11.6 Å². The van der Waals surface area contributed by atoms with Crippen molar-refractivity contribution in [3.63, 3.8) is 0 Å². The van der Waals surface area contributed by atoms with Gasteiger partial charge in [-0.25, -0.2) is 0 Å². The first-order chi connectivity index (χ1) is 13.3. The number of aryl methyl sites for hydroxylation is 2. The molecule has 0 aliphatic heterocycles. The third-order valence-corrected chi connectivity index (χ3v) is 5.10. The molecule has 1 heterocycles. The van der Waals surface area contributed by atoms with Crippen molar-refractivity contribution >= 4 is 17.5 Å². The monoisotopic (exact) mass is 404 g/mol. The molecule has 2 aromatic rings. The van der Waals surface area contributed by atoms with Crippen LogP contribution in [0.2, 0.25) is 5.02 Å². The van der Waals surface area contributed by atoms with Crippen molar-refractivity contribution in [2.75, 3.05) is 13.2 Å². The van der Waals surface area contributed by atoms with Gasteiger partial charge in [-0.15, -0.1) is 0 Å². The van der Waals surface area contributed by atoms with Crippen molar-refractivity contribution in [2.45, 2.75) is 46.7 Å². The van der Waals surface area contributed by atoms with E-state index < -0.39 is 0 Å². The average molecular weight is 405 g/mol. The van der Waals surface area contributed by atoms with Gasteiger partial charge in [0, 0.05) is 37.5 Å². The quantitative estimate of drug-likeness (QED) is 0.689. The largest absolute Gasteiger partial charge is 0.396 e. The van der Waals surface area contributed by atoms with Crippen molar-refractivity contribution in [3.05, 3.63) is 68.6 Å². The minimum absolute atomic E-state index is 0.0291. The number of aromatic nitrogens is 1. The van der Waals surface area contributed by atoms with Crippen LogP contribution in [-0.4, -0.2) is 33.6 Å². The predicted molar refractivity (Wildman–Crippen MR) is 113 cm³/mol. The molecule has 0 radical (unpaired) electrons. The molecule has 1 amide bonds. The fourth-order valence-electron chi connectivity index (χ4n) is 3.00. The van der Waals surface area contributed by atoms with Crippen LogP contribution in [0.3, 0.4) is 0 Å².